The van der Waals surface area contributed by atoms with E-state index in [9.17, 15) is 26.4 Å². The van der Waals surface area contributed by atoms with Crippen molar-refractivity contribution in [3.63, 3.8) is 0 Å². The van der Waals surface area contributed by atoms with E-state index in [0.29, 0.717) is 13.1 Å². The lowest BCUT2D eigenvalue weighted by molar-refractivity contribution is -0.137. The first-order chi connectivity index (χ1) is 14.5. The Bertz CT molecular complexity index is 1030. The van der Waals surface area contributed by atoms with Gasteiger partial charge in [0.05, 0.1) is 17.0 Å². The van der Waals surface area contributed by atoms with Crippen molar-refractivity contribution < 1.29 is 26.4 Å². The SMILES string of the molecule is Cc1cccc(C)c1NC(=O)CN1CCN(S(=O)(=O)c2ccc(C(F)(F)F)cc2)CC1. The number of piperazine rings is 1. The molecular formula is C21H24F3N3O3S. The minimum absolute atomic E-state index is 0.127. The van der Waals surface area contributed by atoms with Crippen LogP contribution in [0.25, 0.3) is 0 Å². The van der Waals surface area contributed by atoms with Crippen molar-refractivity contribution in [2.45, 2.75) is 24.9 Å². The van der Waals surface area contributed by atoms with Gasteiger partial charge in [-0.05, 0) is 49.2 Å². The van der Waals surface area contributed by atoms with Crippen molar-refractivity contribution in [1.29, 1.82) is 0 Å². The zero-order valence-electron chi connectivity index (χ0n) is 17.2. The van der Waals surface area contributed by atoms with E-state index in [2.05, 4.69) is 5.32 Å². The smallest absolute Gasteiger partial charge is 0.324 e. The summed E-state index contributed by atoms with van der Waals surface area (Å²) in [4.78, 5) is 14.1. The minimum atomic E-state index is -4.52. The van der Waals surface area contributed by atoms with Crippen LogP contribution in [-0.4, -0.2) is 56.3 Å². The van der Waals surface area contributed by atoms with Crippen LogP contribution in [0.1, 0.15) is 16.7 Å². The van der Waals surface area contributed by atoms with Gasteiger partial charge < -0.3 is 5.32 Å². The van der Waals surface area contributed by atoms with E-state index in [-0.39, 0.29) is 30.4 Å². The first kappa shape index (κ1) is 23.2. The van der Waals surface area contributed by atoms with Gasteiger partial charge in [0, 0.05) is 31.9 Å². The Hall–Kier alpha value is -2.43. The van der Waals surface area contributed by atoms with Gasteiger partial charge in [-0.2, -0.15) is 17.5 Å². The van der Waals surface area contributed by atoms with Gasteiger partial charge >= 0.3 is 6.18 Å². The standard InChI is InChI=1S/C21H24F3N3O3S/c1-15-4-3-5-16(2)20(15)25-19(28)14-26-10-12-27(13-11-26)31(29,30)18-8-6-17(7-9-18)21(22,23)24/h3-9H,10-14H2,1-2H3,(H,25,28). The molecule has 31 heavy (non-hydrogen) atoms. The number of sulfonamides is 1. The second kappa shape index (κ2) is 8.97. The fourth-order valence-electron chi connectivity index (χ4n) is 3.49. The maximum absolute atomic E-state index is 12.7. The van der Waals surface area contributed by atoms with E-state index in [4.69, 9.17) is 0 Å². The van der Waals surface area contributed by atoms with E-state index < -0.39 is 21.8 Å². The minimum Gasteiger partial charge on any atom is -0.324 e. The second-order valence-electron chi connectivity index (χ2n) is 7.52. The van der Waals surface area contributed by atoms with Crippen LogP contribution >= 0.6 is 0 Å². The molecule has 2 aromatic carbocycles. The summed E-state index contributed by atoms with van der Waals surface area (Å²) in [7, 11) is -3.90. The van der Waals surface area contributed by atoms with Gasteiger partial charge in [-0.25, -0.2) is 8.42 Å². The molecule has 0 radical (unpaired) electrons. The van der Waals surface area contributed by atoms with Crippen molar-refractivity contribution in [3.8, 4) is 0 Å². The number of anilines is 1. The summed E-state index contributed by atoms with van der Waals surface area (Å²) in [6.45, 7) is 4.95. The van der Waals surface area contributed by atoms with Crippen molar-refractivity contribution in [1.82, 2.24) is 9.21 Å². The number of benzene rings is 2. The maximum atomic E-state index is 12.7. The average Bonchev–Trinajstić information content (AvgIpc) is 2.71. The molecular weight excluding hydrogens is 431 g/mol. The largest absolute Gasteiger partial charge is 0.416 e. The van der Waals surface area contributed by atoms with E-state index in [0.717, 1.165) is 41.1 Å². The van der Waals surface area contributed by atoms with Crippen molar-refractivity contribution >= 4 is 21.6 Å². The number of halogens is 3. The molecule has 0 spiro atoms. The van der Waals surface area contributed by atoms with Crippen LogP contribution < -0.4 is 5.32 Å². The van der Waals surface area contributed by atoms with Gasteiger partial charge in [0.2, 0.25) is 15.9 Å². The highest BCUT2D eigenvalue weighted by Crippen LogP contribution is 2.30. The number of amides is 1. The third kappa shape index (κ3) is 5.44. The highest BCUT2D eigenvalue weighted by molar-refractivity contribution is 7.89. The number of carbonyl (C=O) groups is 1. The van der Waals surface area contributed by atoms with Crippen molar-refractivity contribution in [2.75, 3.05) is 38.0 Å². The second-order valence-corrected chi connectivity index (χ2v) is 9.46. The Morgan fingerprint density at radius 1 is 0.968 bits per heavy atom. The zero-order valence-corrected chi connectivity index (χ0v) is 18.1. The first-order valence-corrected chi connectivity index (χ1v) is 11.2. The van der Waals surface area contributed by atoms with Gasteiger partial charge in [-0.15, -0.1) is 0 Å². The van der Waals surface area contributed by atoms with Crippen LogP contribution in [-0.2, 0) is 21.0 Å². The Balaban J connectivity index is 1.58. The van der Waals surface area contributed by atoms with Crippen LogP contribution in [0, 0.1) is 13.8 Å². The van der Waals surface area contributed by atoms with Crippen LogP contribution in [0.4, 0.5) is 18.9 Å². The Kier molecular flexibility index (Phi) is 6.73. The summed E-state index contributed by atoms with van der Waals surface area (Å²) in [5.74, 6) is -0.184. The quantitative estimate of drug-likeness (QED) is 0.752. The molecule has 0 unspecified atom stereocenters. The molecule has 0 bridgehead atoms. The van der Waals surface area contributed by atoms with Gasteiger partial charge in [0.1, 0.15) is 0 Å². The van der Waals surface area contributed by atoms with E-state index >= 15 is 0 Å². The normalized spacial score (nSPS) is 16.3. The summed E-state index contributed by atoms with van der Waals surface area (Å²) >= 11 is 0. The van der Waals surface area contributed by atoms with Crippen LogP contribution in [0.2, 0.25) is 0 Å². The molecule has 1 amide bonds. The number of hydrogen-bond acceptors (Lipinski definition) is 4. The molecule has 6 nitrogen and oxygen atoms in total. The summed E-state index contributed by atoms with van der Waals surface area (Å²) in [6, 6.07) is 9.21. The topological polar surface area (TPSA) is 69.7 Å². The lowest BCUT2D eigenvalue weighted by atomic mass is 10.1. The fourth-order valence-corrected chi connectivity index (χ4v) is 4.91. The van der Waals surface area contributed by atoms with Gasteiger partial charge in [-0.1, -0.05) is 18.2 Å². The highest BCUT2D eigenvalue weighted by Gasteiger charge is 2.32. The predicted octanol–water partition coefficient (Wildman–Crippen LogP) is 3.27. The first-order valence-electron chi connectivity index (χ1n) is 9.74. The molecule has 1 fully saturated rings. The van der Waals surface area contributed by atoms with E-state index in [1.165, 1.54) is 4.31 Å². The molecule has 168 valence electrons. The molecule has 1 saturated heterocycles. The lowest BCUT2D eigenvalue weighted by Crippen LogP contribution is -2.50. The number of nitrogens with zero attached hydrogens (tertiary/aromatic N) is 2. The average molecular weight is 456 g/mol. The molecule has 1 aliphatic rings. The zero-order chi connectivity index (χ0) is 22.8. The van der Waals surface area contributed by atoms with Gasteiger partial charge in [0.15, 0.2) is 0 Å². The lowest BCUT2D eigenvalue weighted by Gasteiger charge is -2.33. The fraction of sp³-hybridized carbons (Fsp3) is 0.381. The van der Waals surface area contributed by atoms with E-state index in [1.54, 1.807) is 0 Å². The number of rotatable bonds is 5. The summed E-state index contributed by atoms with van der Waals surface area (Å²) in [5.41, 5.74) is 1.80. The number of carbonyl (C=O) groups excluding carboxylic acids is 1. The molecule has 0 atom stereocenters. The molecule has 1 aliphatic heterocycles. The Morgan fingerprint density at radius 2 is 1.52 bits per heavy atom. The van der Waals surface area contributed by atoms with Gasteiger partial charge in [-0.3, -0.25) is 9.69 Å². The van der Waals surface area contributed by atoms with E-state index in [1.807, 2.05) is 36.9 Å². The highest BCUT2D eigenvalue weighted by atomic mass is 32.2. The number of aryl methyl sites for hydroxylation is 2. The molecule has 0 aromatic heterocycles. The third-order valence-electron chi connectivity index (χ3n) is 5.26. The Morgan fingerprint density at radius 3 is 2.03 bits per heavy atom. The maximum Gasteiger partial charge on any atom is 0.416 e. The third-order valence-corrected chi connectivity index (χ3v) is 7.18. The molecule has 0 saturated carbocycles. The monoisotopic (exact) mass is 455 g/mol. The number of nitrogens with one attached hydrogen (secondary N) is 1. The molecule has 1 N–H and O–H groups in total. The molecule has 0 aliphatic carbocycles. The Labute approximate surface area is 179 Å². The molecule has 1 heterocycles. The number of para-hydroxylation sites is 1. The molecule has 10 heteroatoms. The van der Waals surface area contributed by atoms with Crippen LogP contribution in [0.15, 0.2) is 47.4 Å². The summed E-state index contributed by atoms with van der Waals surface area (Å²) in [5, 5.41) is 2.91. The van der Waals surface area contributed by atoms with Crippen molar-refractivity contribution in [3.05, 3.63) is 59.2 Å². The van der Waals surface area contributed by atoms with Crippen LogP contribution in [0.5, 0.6) is 0 Å². The van der Waals surface area contributed by atoms with Crippen molar-refractivity contribution in [2.24, 2.45) is 0 Å². The molecule has 2 aromatic rings. The number of alkyl halides is 3. The summed E-state index contributed by atoms with van der Waals surface area (Å²) < 4.78 is 64.8. The van der Waals surface area contributed by atoms with Crippen LogP contribution in [0.3, 0.4) is 0 Å². The van der Waals surface area contributed by atoms with Gasteiger partial charge in [0.25, 0.3) is 0 Å². The predicted molar refractivity (Wildman–Crippen MR) is 111 cm³/mol. The summed E-state index contributed by atoms with van der Waals surface area (Å²) in [6.07, 6.45) is -4.52. The number of hydrogen-bond donors (Lipinski definition) is 1. The molecule has 3 rings (SSSR count).